The van der Waals surface area contributed by atoms with E-state index >= 15 is 0 Å². The molecule has 1 saturated carbocycles. The van der Waals surface area contributed by atoms with Gasteiger partial charge in [0.2, 0.25) is 5.91 Å². The van der Waals surface area contributed by atoms with Gasteiger partial charge in [-0.2, -0.15) is 0 Å². The van der Waals surface area contributed by atoms with E-state index in [-0.39, 0.29) is 24.3 Å². The molecule has 0 aromatic heterocycles. The average Bonchev–Trinajstić information content (AvgIpc) is 3.42. The second kappa shape index (κ2) is 7.13. The quantitative estimate of drug-likeness (QED) is 0.490. The molecule has 1 aliphatic carbocycles. The third kappa shape index (κ3) is 3.92. The van der Waals surface area contributed by atoms with E-state index in [2.05, 4.69) is 16.0 Å². The molecule has 4 amide bonds. The van der Waals surface area contributed by atoms with Gasteiger partial charge < -0.3 is 16.0 Å². The predicted molar refractivity (Wildman–Crippen MR) is 93.9 cm³/mol. The first-order chi connectivity index (χ1) is 12.0. The van der Waals surface area contributed by atoms with Crippen molar-refractivity contribution in [3.63, 3.8) is 0 Å². The molecule has 1 saturated heterocycles. The third-order valence-corrected chi connectivity index (χ3v) is 4.78. The number of rotatable bonds is 8. The zero-order valence-electron chi connectivity index (χ0n) is 14.4. The van der Waals surface area contributed by atoms with Crippen molar-refractivity contribution in [1.29, 1.82) is 0 Å². The topological polar surface area (TPSA) is 90.5 Å². The fourth-order valence-corrected chi connectivity index (χ4v) is 3.10. The normalized spacial score (nSPS) is 22.7. The summed E-state index contributed by atoms with van der Waals surface area (Å²) in [5, 5.41) is 8.75. The zero-order valence-corrected chi connectivity index (χ0v) is 14.4. The molecule has 1 aromatic rings. The van der Waals surface area contributed by atoms with Crippen LogP contribution in [0.1, 0.15) is 26.2 Å². The number of imide groups is 1. The van der Waals surface area contributed by atoms with Gasteiger partial charge in [0.25, 0.3) is 5.91 Å². The lowest BCUT2D eigenvalue weighted by Gasteiger charge is -2.20. The fraction of sp³-hybridized carbons (Fsp3) is 0.500. The van der Waals surface area contributed by atoms with Crippen LogP contribution in [0.2, 0.25) is 0 Å². The number of urea groups is 1. The number of amides is 4. The highest BCUT2D eigenvalue weighted by atomic mass is 16.2. The molecule has 134 valence electrons. The van der Waals surface area contributed by atoms with E-state index in [4.69, 9.17) is 0 Å². The minimum atomic E-state index is -0.836. The van der Waals surface area contributed by atoms with Crippen LogP contribution in [0.4, 0.5) is 10.5 Å². The highest BCUT2D eigenvalue weighted by Gasteiger charge is 2.56. The van der Waals surface area contributed by atoms with Crippen molar-refractivity contribution >= 4 is 23.5 Å². The van der Waals surface area contributed by atoms with E-state index in [1.165, 1.54) is 0 Å². The van der Waals surface area contributed by atoms with Gasteiger partial charge in [-0.1, -0.05) is 18.2 Å². The van der Waals surface area contributed by atoms with Crippen molar-refractivity contribution in [3.05, 3.63) is 30.3 Å². The molecule has 3 rings (SSSR count). The van der Waals surface area contributed by atoms with Crippen molar-refractivity contribution in [2.45, 2.75) is 31.7 Å². The van der Waals surface area contributed by atoms with Gasteiger partial charge in [0.1, 0.15) is 12.1 Å². The Kier molecular flexibility index (Phi) is 4.92. The van der Waals surface area contributed by atoms with Gasteiger partial charge in [0.15, 0.2) is 0 Å². The zero-order chi connectivity index (χ0) is 17.9. The Bertz CT molecular complexity index is 660. The molecular weight excluding hydrogens is 320 g/mol. The number of benzene rings is 1. The summed E-state index contributed by atoms with van der Waals surface area (Å²) in [6, 6.07) is 9.35. The van der Waals surface area contributed by atoms with E-state index < -0.39 is 11.6 Å². The van der Waals surface area contributed by atoms with Gasteiger partial charge in [0.05, 0.1) is 0 Å². The van der Waals surface area contributed by atoms with E-state index in [9.17, 15) is 14.4 Å². The lowest BCUT2D eigenvalue weighted by molar-refractivity contribution is -0.135. The van der Waals surface area contributed by atoms with Gasteiger partial charge in [-0.25, -0.2) is 4.79 Å². The summed E-state index contributed by atoms with van der Waals surface area (Å²) in [4.78, 5) is 37.5. The molecule has 0 bridgehead atoms. The van der Waals surface area contributed by atoms with Gasteiger partial charge >= 0.3 is 6.03 Å². The Morgan fingerprint density at radius 1 is 1.24 bits per heavy atom. The van der Waals surface area contributed by atoms with Gasteiger partial charge in [-0.15, -0.1) is 0 Å². The molecule has 7 nitrogen and oxygen atoms in total. The van der Waals surface area contributed by atoms with Crippen LogP contribution in [0.25, 0.3) is 0 Å². The molecule has 1 heterocycles. The molecule has 0 radical (unpaired) electrons. The Hall–Kier alpha value is -2.57. The Morgan fingerprint density at radius 2 is 1.96 bits per heavy atom. The summed E-state index contributed by atoms with van der Waals surface area (Å²) in [5.41, 5.74) is 0.198. The van der Waals surface area contributed by atoms with E-state index in [1.54, 1.807) is 6.92 Å². The van der Waals surface area contributed by atoms with Crippen molar-refractivity contribution in [3.8, 4) is 0 Å². The van der Waals surface area contributed by atoms with Crippen LogP contribution in [0.3, 0.4) is 0 Å². The summed E-state index contributed by atoms with van der Waals surface area (Å²) < 4.78 is 0. The van der Waals surface area contributed by atoms with E-state index in [1.807, 2.05) is 30.3 Å². The van der Waals surface area contributed by atoms with Crippen LogP contribution >= 0.6 is 0 Å². The summed E-state index contributed by atoms with van der Waals surface area (Å²) in [5.74, 6) is -0.412. The highest BCUT2D eigenvalue weighted by Crippen LogP contribution is 2.42. The number of para-hydroxylation sites is 1. The standard InChI is InChI=1S/C18H24N4O3/c1-18(13-8-9-13)16(24)22(17(25)21-18)12-15(23)20-11-5-10-19-14-6-3-2-4-7-14/h2-4,6-7,13,19H,5,8-12H2,1H3,(H,20,23)(H,21,25). The Balaban J connectivity index is 1.38. The van der Waals surface area contributed by atoms with Gasteiger partial charge in [-0.3, -0.25) is 14.5 Å². The van der Waals surface area contributed by atoms with Crippen LogP contribution in [0.5, 0.6) is 0 Å². The molecule has 2 aliphatic rings. The molecule has 3 N–H and O–H groups in total. The molecule has 1 aromatic carbocycles. The molecule has 1 atom stereocenters. The number of hydrogen-bond donors (Lipinski definition) is 3. The van der Waals surface area contributed by atoms with Crippen molar-refractivity contribution in [2.24, 2.45) is 5.92 Å². The molecular formula is C18H24N4O3. The lowest BCUT2D eigenvalue weighted by atomic mass is 9.96. The van der Waals surface area contributed by atoms with Crippen LogP contribution in [0, 0.1) is 5.92 Å². The summed E-state index contributed by atoms with van der Waals surface area (Å²) >= 11 is 0. The van der Waals surface area contributed by atoms with Crippen molar-refractivity contribution in [1.82, 2.24) is 15.5 Å². The number of carbonyl (C=O) groups is 3. The maximum absolute atomic E-state index is 12.4. The second-order valence-corrected chi connectivity index (χ2v) is 6.79. The lowest BCUT2D eigenvalue weighted by Crippen LogP contribution is -2.47. The number of nitrogens with zero attached hydrogens (tertiary/aromatic N) is 1. The summed E-state index contributed by atoms with van der Waals surface area (Å²) in [6.07, 6.45) is 2.63. The first kappa shape index (κ1) is 17.3. The SMILES string of the molecule is CC1(C2CC2)NC(=O)N(CC(=O)NCCCNc2ccccc2)C1=O. The highest BCUT2D eigenvalue weighted by molar-refractivity contribution is 6.09. The van der Waals surface area contributed by atoms with Gasteiger partial charge in [-0.05, 0) is 44.2 Å². The average molecular weight is 344 g/mol. The monoisotopic (exact) mass is 344 g/mol. The summed E-state index contributed by atoms with van der Waals surface area (Å²) in [6.45, 7) is 2.74. The molecule has 25 heavy (non-hydrogen) atoms. The third-order valence-electron chi connectivity index (χ3n) is 4.78. The first-order valence-electron chi connectivity index (χ1n) is 8.70. The first-order valence-corrected chi connectivity index (χ1v) is 8.70. The van der Waals surface area contributed by atoms with Crippen LogP contribution in [-0.2, 0) is 9.59 Å². The molecule has 0 spiro atoms. The number of nitrogens with one attached hydrogen (secondary N) is 3. The van der Waals surface area contributed by atoms with Crippen LogP contribution in [0.15, 0.2) is 30.3 Å². The van der Waals surface area contributed by atoms with Crippen molar-refractivity contribution < 1.29 is 14.4 Å². The molecule has 2 fully saturated rings. The predicted octanol–water partition coefficient (Wildman–Crippen LogP) is 1.33. The Morgan fingerprint density at radius 3 is 2.64 bits per heavy atom. The fourth-order valence-electron chi connectivity index (χ4n) is 3.10. The van der Waals surface area contributed by atoms with E-state index in [0.717, 1.165) is 36.4 Å². The molecule has 7 heteroatoms. The maximum Gasteiger partial charge on any atom is 0.325 e. The van der Waals surface area contributed by atoms with Crippen LogP contribution < -0.4 is 16.0 Å². The smallest absolute Gasteiger partial charge is 0.325 e. The Labute approximate surface area is 147 Å². The molecule has 1 aliphatic heterocycles. The number of anilines is 1. The second-order valence-electron chi connectivity index (χ2n) is 6.79. The summed E-state index contributed by atoms with van der Waals surface area (Å²) in [7, 11) is 0. The minimum Gasteiger partial charge on any atom is -0.385 e. The maximum atomic E-state index is 12.4. The van der Waals surface area contributed by atoms with Crippen LogP contribution in [-0.4, -0.2) is 47.9 Å². The van der Waals surface area contributed by atoms with E-state index in [0.29, 0.717) is 6.54 Å². The minimum absolute atomic E-state index is 0.195. The largest absolute Gasteiger partial charge is 0.385 e. The van der Waals surface area contributed by atoms with Gasteiger partial charge in [0, 0.05) is 18.8 Å². The number of hydrogen-bond acceptors (Lipinski definition) is 4. The number of carbonyl (C=O) groups excluding carboxylic acids is 3. The molecule has 1 unspecified atom stereocenters. The van der Waals surface area contributed by atoms with Crippen molar-refractivity contribution in [2.75, 3.05) is 25.0 Å².